The van der Waals surface area contributed by atoms with E-state index in [0.717, 1.165) is 31.9 Å². The average Bonchev–Trinajstić information content (AvgIpc) is 2.49. The Balaban J connectivity index is 3.22. The molecule has 0 N–H and O–H groups in total. The molecule has 0 amide bonds. The number of hydrogen-bond donors (Lipinski definition) is 0. The van der Waals surface area contributed by atoms with Crippen molar-refractivity contribution in [3.05, 3.63) is 24.3 Å². The Morgan fingerprint density at radius 2 is 1.26 bits per heavy atom. The second-order valence-electron chi connectivity index (χ2n) is 6.11. The van der Waals surface area contributed by atoms with Gasteiger partial charge in [0, 0.05) is 0 Å². The second-order valence-corrected chi connectivity index (χ2v) is 7.75. The molecule has 0 radical (unpaired) electrons. The monoisotopic (exact) mass is 344 g/mol. The highest BCUT2D eigenvalue weighted by atomic mass is 32.2. The van der Waals surface area contributed by atoms with Gasteiger partial charge >= 0.3 is 0 Å². The van der Waals surface area contributed by atoms with E-state index < -0.39 is 10.1 Å². The summed E-state index contributed by atoms with van der Waals surface area (Å²) in [6.45, 7) is 2.56. The quantitative estimate of drug-likeness (QED) is 0.203. The molecule has 0 spiro atoms. The third-order valence-corrected chi connectivity index (χ3v) is 4.24. The van der Waals surface area contributed by atoms with Crippen molar-refractivity contribution in [2.75, 3.05) is 12.9 Å². The van der Waals surface area contributed by atoms with Gasteiger partial charge in [0.05, 0.1) is 12.9 Å². The van der Waals surface area contributed by atoms with E-state index in [0.29, 0.717) is 6.61 Å². The molecule has 136 valence electrons. The first kappa shape index (κ1) is 22.4. The van der Waals surface area contributed by atoms with Crippen LogP contribution in [0.15, 0.2) is 24.3 Å². The zero-order valence-electron chi connectivity index (χ0n) is 15.1. The van der Waals surface area contributed by atoms with Gasteiger partial charge in [0.15, 0.2) is 0 Å². The summed E-state index contributed by atoms with van der Waals surface area (Å²) >= 11 is 0. The smallest absolute Gasteiger partial charge is 0.264 e. The third kappa shape index (κ3) is 21.4. The number of unbranched alkanes of at least 4 members (excludes halogenated alkanes) is 9. The summed E-state index contributed by atoms with van der Waals surface area (Å²) in [5, 5.41) is 0. The van der Waals surface area contributed by atoms with Gasteiger partial charge in [-0.1, -0.05) is 69.8 Å². The maximum absolute atomic E-state index is 10.8. The van der Waals surface area contributed by atoms with Gasteiger partial charge in [-0.3, -0.25) is 4.18 Å². The van der Waals surface area contributed by atoms with Crippen LogP contribution < -0.4 is 0 Å². The van der Waals surface area contributed by atoms with Crippen molar-refractivity contribution in [3.63, 3.8) is 0 Å². The van der Waals surface area contributed by atoms with E-state index in [1.807, 2.05) is 0 Å². The van der Waals surface area contributed by atoms with E-state index in [-0.39, 0.29) is 0 Å². The molecule has 3 nitrogen and oxygen atoms in total. The van der Waals surface area contributed by atoms with E-state index in [9.17, 15) is 8.42 Å². The zero-order valence-corrected chi connectivity index (χ0v) is 16.0. The topological polar surface area (TPSA) is 43.4 Å². The van der Waals surface area contributed by atoms with Crippen molar-refractivity contribution in [2.24, 2.45) is 0 Å². The summed E-state index contributed by atoms with van der Waals surface area (Å²) < 4.78 is 26.2. The van der Waals surface area contributed by atoms with Crippen LogP contribution in [0.4, 0.5) is 0 Å². The molecule has 0 aliphatic rings. The number of hydrogen-bond acceptors (Lipinski definition) is 3. The molecule has 0 aromatic carbocycles. The summed E-state index contributed by atoms with van der Waals surface area (Å²) in [5.41, 5.74) is 0. The highest BCUT2D eigenvalue weighted by Crippen LogP contribution is 2.08. The molecule has 0 aromatic rings. The van der Waals surface area contributed by atoms with Gasteiger partial charge in [-0.25, -0.2) is 0 Å². The molecule has 0 heterocycles. The van der Waals surface area contributed by atoms with Crippen molar-refractivity contribution in [2.45, 2.75) is 84.0 Å². The predicted octanol–water partition coefficient (Wildman–Crippen LogP) is 5.78. The fraction of sp³-hybridized carbons (Fsp3) is 0.789. The highest BCUT2D eigenvalue weighted by Gasteiger charge is 1.99. The van der Waals surface area contributed by atoms with Crippen LogP contribution in [0.25, 0.3) is 0 Å². The van der Waals surface area contributed by atoms with E-state index in [4.69, 9.17) is 4.18 Å². The van der Waals surface area contributed by atoms with E-state index in [1.165, 1.54) is 51.4 Å². The first-order valence-corrected chi connectivity index (χ1v) is 11.0. The third-order valence-electron chi connectivity index (χ3n) is 3.64. The lowest BCUT2D eigenvalue weighted by Crippen LogP contribution is -2.03. The van der Waals surface area contributed by atoms with Gasteiger partial charge < -0.3 is 0 Å². The maximum Gasteiger partial charge on any atom is 0.264 e. The maximum atomic E-state index is 10.8. The average molecular weight is 345 g/mol. The fourth-order valence-corrected chi connectivity index (χ4v) is 2.72. The number of allylic oxidation sites excluding steroid dienone is 4. The van der Waals surface area contributed by atoms with Gasteiger partial charge in [-0.2, -0.15) is 8.42 Å². The summed E-state index contributed by atoms with van der Waals surface area (Å²) in [4.78, 5) is 0. The second kappa shape index (κ2) is 16.3. The van der Waals surface area contributed by atoms with Gasteiger partial charge in [-0.05, 0) is 38.5 Å². The Labute approximate surface area is 144 Å². The molecule has 4 heteroatoms. The molecular weight excluding hydrogens is 308 g/mol. The molecule has 23 heavy (non-hydrogen) atoms. The van der Waals surface area contributed by atoms with E-state index >= 15 is 0 Å². The SMILES string of the molecule is CCCCC/C=C/C/C=C/CCCCCCCCOS(C)(=O)=O. The number of rotatable bonds is 16. The van der Waals surface area contributed by atoms with Crippen LogP contribution in [0.5, 0.6) is 0 Å². The lowest BCUT2D eigenvalue weighted by atomic mass is 10.1. The minimum atomic E-state index is -3.26. The summed E-state index contributed by atoms with van der Waals surface area (Å²) in [7, 11) is -3.26. The molecule has 0 saturated carbocycles. The minimum absolute atomic E-state index is 0.327. The fourth-order valence-electron chi connectivity index (χ4n) is 2.30. The molecule has 0 rings (SSSR count). The normalized spacial score (nSPS) is 12.6. The Hall–Kier alpha value is -0.610. The Bertz CT molecular complexity index is 397. The van der Waals surface area contributed by atoms with E-state index in [2.05, 4.69) is 31.2 Å². The lowest BCUT2D eigenvalue weighted by Gasteiger charge is -2.01. The van der Waals surface area contributed by atoms with Crippen LogP contribution in [0.3, 0.4) is 0 Å². The van der Waals surface area contributed by atoms with Crippen LogP contribution in [0.2, 0.25) is 0 Å². The lowest BCUT2D eigenvalue weighted by molar-refractivity contribution is 0.309. The van der Waals surface area contributed by atoms with Gasteiger partial charge in [-0.15, -0.1) is 0 Å². The summed E-state index contributed by atoms with van der Waals surface area (Å²) in [6, 6.07) is 0. The molecule has 0 aliphatic heterocycles. The van der Waals surface area contributed by atoms with Crippen LogP contribution >= 0.6 is 0 Å². The van der Waals surface area contributed by atoms with E-state index in [1.54, 1.807) is 0 Å². The largest absolute Gasteiger partial charge is 0.270 e. The molecular formula is C19H36O3S. The van der Waals surface area contributed by atoms with Crippen molar-refractivity contribution in [1.29, 1.82) is 0 Å². The predicted molar refractivity (Wildman–Crippen MR) is 100 cm³/mol. The first-order chi connectivity index (χ1) is 11.1. The first-order valence-electron chi connectivity index (χ1n) is 9.20. The van der Waals surface area contributed by atoms with Gasteiger partial charge in [0.1, 0.15) is 0 Å². The zero-order chi connectivity index (χ0) is 17.2. The Morgan fingerprint density at radius 3 is 1.83 bits per heavy atom. The van der Waals surface area contributed by atoms with Crippen molar-refractivity contribution in [1.82, 2.24) is 0 Å². The summed E-state index contributed by atoms with van der Waals surface area (Å²) in [5.74, 6) is 0. The Morgan fingerprint density at radius 1 is 0.739 bits per heavy atom. The van der Waals surface area contributed by atoms with Crippen molar-refractivity contribution in [3.8, 4) is 0 Å². The van der Waals surface area contributed by atoms with Gasteiger partial charge in [0.25, 0.3) is 10.1 Å². The van der Waals surface area contributed by atoms with Crippen molar-refractivity contribution >= 4 is 10.1 Å². The molecule has 0 aliphatic carbocycles. The highest BCUT2D eigenvalue weighted by molar-refractivity contribution is 7.85. The van der Waals surface area contributed by atoms with Crippen LogP contribution in [-0.4, -0.2) is 21.3 Å². The summed E-state index contributed by atoms with van der Waals surface area (Å²) in [6.07, 6.45) is 24.4. The van der Waals surface area contributed by atoms with Crippen LogP contribution in [-0.2, 0) is 14.3 Å². The van der Waals surface area contributed by atoms with Crippen molar-refractivity contribution < 1.29 is 12.6 Å². The molecule has 0 saturated heterocycles. The molecule has 0 unspecified atom stereocenters. The molecule has 0 fully saturated rings. The Kier molecular flexibility index (Phi) is 15.8. The van der Waals surface area contributed by atoms with Crippen LogP contribution in [0, 0.1) is 0 Å². The molecule has 0 atom stereocenters. The van der Waals surface area contributed by atoms with Gasteiger partial charge in [0.2, 0.25) is 0 Å². The standard InChI is InChI=1S/C19H36O3S/c1-3-4-5-6-7-8-9-10-11-12-13-14-15-16-17-18-19-22-23(2,20)21/h7-8,10-11H,3-6,9,12-19H2,1-2H3/b8-7+,11-10+. The molecule has 0 aromatic heterocycles. The molecule has 0 bridgehead atoms. The van der Waals surface area contributed by atoms with Crippen LogP contribution in [0.1, 0.15) is 84.0 Å². The minimum Gasteiger partial charge on any atom is -0.270 e.